The summed E-state index contributed by atoms with van der Waals surface area (Å²) in [7, 11) is 7.67. The van der Waals surface area contributed by atoms with Gasteiger partial charge < -0.3 is 45.8 Å². The minimum absolute atomic E-state index is 0.0668. The zero-order valence-corrected chi connectivity index (χ0v) is 47.1. The maximum absolute atomic E-state index is 14.7. The Morgan fingerprint density at radius 2 is 1.08 bits per heavy atom. The number of Topliss-reactive ketones (excluding diaryl/α,β-unsaturated/α-hetero) is 1. The van der Waals surface area contributed by atoms with Gasteiger partial charge in [-0.25, -0.2) is 9.97 Å². The minimum atomic E-state index is -1.53. The number of nitrogens with zero attached hydrogens (tertiary/aromatic N) is 6. The summed E-state index contributed by atoms with van der Waals surface area (Å²) in [5.74, 6) is -9.28. The molecule has 4 heterocycles. The Morgan fingerprint density at radius 1 is 0.632 bits per heavy atom. The second-order valence-electron chi connectivity index (χ2n) is 17.6. The molecule has 7 amide bonds. The molecule has 0 aliphatic carbocycles. The van der Waals surface area contributed by atoms with Gasteiger partial charge in [-0.05, 0) is 36.8 Å². The SMILES string of the molecule is CSC[C@H]1C(=O)SC[C@@H](NC(=O)c2nc3ccccc3cc2O)C(=O)NCC(=O)N(C)[C@H]2CSSC[C@@H](C(=O)N1C)N(C)C(=O)CNC(=O)[C@H](CC(=O)c1nc3ccccc3cc1O)CSC(=O)[C@H](CSC)N(C)C2=O. The Kier molecular flexibility index (Phi) is 21.6. The van der Waals surface area contributed by atoms with E-state index in [0.29, 0.717) is 45.3 Å². The molecule has 2 aliphatic heterocycles. The number of aromatic hydroxyl groups is 2. The van der Waals surface area contributed by atoms with Gasteiger partial charge in [0.25, 0.3) is 5.91 Å². The summed E-state index contributed by atoms with van der Waals surface area (Å²) in [6, 6.07) is 9.80. The number of carbonyl (C=O) groups is 10. The number of likely N-dealkylation sites (N-methyl/N-ethyl adjacent to an activating group) is 4. The van der Waals surface area contributed by atoms with Crippen LogP contribution in [0.3, 0.4) is 0 Å². The Morgan fingerprint density at radius 3 is 1.58 bits per heavy atom. The van der Waals surface area contributed by atoms with Crippen LogP contribution in [0.2, 0.25) is 0 Å². The number of nitrogens with one attached hydrogen (secondary N) is 3. The van der Waals surface area contributed by atoms with Gasteiger partial charge >= 0.3 is 0 Å². The molecular formula is C49H57N9O12S6. The van der Waals surface area contributed by atoms with E-state index in [1.165, 1.54) is 73.6 Å². The van der Waals surface area contributed by atoms with E-state index in [1.54, 1.807) is 61.0 Å². The quantitative estimate of drug-likeness (QED) is 0.119. The van der Waals surface area contributed by atoms with Crippen LogP contribution in [-0.4, -0.2) is 216 Å². The van der Waals surface area contributed by atoms with Crippen molar-refractivity contribution in [2.75, 3.05) is 88.3 Å². The summed E-state index contributed by atoms with van der Waals surface area (Å²) in [6.45, 7) is -1.35. The summed E-state index contributed by atoms with van der Waals surface area (Å²) in [5, 5.41) is 29.2. The maximum atomic E-state index is 14.7. The topological polar surface area (TPSA) is 286 Å². The van der Waals surface area contributed by atoms with Crippen molar-refractivity contribution >= 4 is 148 Å². The Balaban J connectivity index is 1.36. The number of rotatable bonds is 9. The lowest BCUT2D eigenvalue weighted by atomic mass is 10.0. The van der Waals surface area contributed by atoms with Gasteiger partial charge in [0, 0.05) is 79.9 Å². The average Bonchev–Trinajstić information content (AvgIpc) is 3.41. The van der Waals surface area contributed by atoms with Crippen LogP contribution in [0, 0.1) is 5.92 Å². The summed E-state index contributed by atoms with van der Waals surface area (Å²) in [5.41, 5.74) is 0.0542. The first-order valence-corrected chi connectivity index (χ1v) is 30.7. The fourth-order valence-electron chi connectivity index (χ4n) is 7.96. The zero-order valence-electron chi connectivity index (χ0n) is 42.2. The van der Waals surface area contributed by atoms with Gasteiger partial charge in [-0.15, -0.1) is 0 Å². The van der Waals surface area contributed by atoms with Gasteiger partial charge in [-0.3, -0.25) is 47.9 Å². The normalized spacial score (nSPS) is 22.9. The number of fused-ring (bicyclic) bond motifs is 7. The molecule has 2 aliphatic rings. The molecule has 2 aromatic heterocycles. The van der Waals surface area contributed by atoms with Crippen LogP contribution >= 0.6 is 68.6 Å². The molecule has 2 fully saturated rings. The fourth-order valence-corrected chi connectivity index (χ4v) is 14.2. The van der Waals surface area contributed by atoms with Gasteiger partial charge in [-0.2, -0.15) is 23.5 Å². The fraction of sp³-hybridized carbons (Fsp3) is 0.429. The van der Waals surface area contributed by atoms with Gasteiger partial charge in [0.05, 0.1) is 30.0 Å². The molecule has 406 valence electrons. The van der Waals surface area contributed by atoms with Crippen LogP contribution in [-0.2, 0) is 38.4 Å². The number of pyridine rings is 2. The largest absolute Gasteiger partial charge is 0.506 e. The van der Waals surface area contributed by atoms with Gasteiger partial charge in [0.2, 0.25) is 45.7 Å². The second-order valence-corrected chi connectivity index (χ2v) is 24.0. The second kappa shape index (κ2) is 27.5. The van der Waals surface area contributed by atoms with Crippen molar-refractivity contribution in [3.63, 3.8) is 0 Å². The van der Waals surface area contributed by atoms with Crippen molar-refractivity contribution in [2.24, 2.45) is 5.92 Å². The van der Waals surface area contributed by atoms with Crippen molar-refractivity contribution in [3.8, 4) is 11.5 Å². The lowest BCUT2D eigenvalue weighted by molar-refractivity contribution is -0.145. The van der Waals surface area contributed by atoms with Crippen molar-refractivity contribution in [1.29, 1.82) is 0 Å². The molecule has 6 atom stereocenters. The predicted octanol–water partition coefficient (Wildman–Crippen LogP) is 2.38. The van der Waals surface area contributed by atoms with Crippen LogP contribution in [0.4, 0.5) is 0 Å². The molecule has 2 aromatic carbocycles. The Bertz CT molecular complexity index is 2710. The molecule has 0 unspecified atom stereocenters. The van der Waals surface area contributed by atoms with Gasteiger partial charge in [0.15, 0.2) is 11.5 Å². The Labute approximate surface area is 463 Å². The highest BCUT2D eigenvalue weighted by Crippen LogP contribution is 2.30. The molecule has 0 radical (unpaired) electrons. The molecule has 0 saturated carbocycles. The van der Waals surface area contributed by atoms with E-state index in [-0.39, 0.29) is 34.5 Å². The zero-order chi connectivity index (χ0) is 55.4. The number of hydrogen-bond donors (Lipinski definition) is 5. The molecule has 21 nitrogen and oxygen atoms in total. The smallest absolute Gasteiger partial charge is 0.274 e. The third kappa shape index (κ3) is 14.6. The highest BCUT2D eigenvalue weighted by atomic mass is 33.1. The standard InChI is InChI=1S/C49H57N9O12S6/c1-55-32-24-75-76-25-33(46(67)57(3)34(22-71-5)48(69)73-20-28(43(64)50-18-39(55)62)17-37(60)41-36(59)15-26-11-7-9-13-29(26)52-41)56(2)40(63)19-51-44(65)31(21-74-49(70)35(23-72-6)58(4)47(32)68)54-45(66)42-38(61)16-27-12-8-10-14-30(27)53-42/h7-16,28,31-35,59,61H,17-25H2,1-6H3,(H,50,64)(H,51,65)(H,54,66)/t28-,31-,32+,33+,34+,35+/m1/s1. The summed E-state index contributed by atoms with van der Waals surface area (Å²) in [4.78, 5) is 155. The maximum Gasteiger partial charge on any atom is 0.274 e. The number of hydrogen-bond acceptors (Lipinski definition) is 20. The van der Waals surface area contributed by atoms with Crippen LogP contribution < -0.4 is 16.0 Å². The molecular weight excluding hydrogens is 1100 g/mol. The van der Waals surface area contributed by atoms with Gasteiger partial charge in [0.1, 0.15) is 47.4 Å². The molecule has 2 bridgehead atoms. The molecule has 4 aromatic rings. The number of amides is 7. The molecule has 27 heteroatoms. The first kappa shape index (κ1) is 59.5. The third-order valence-electron chi connectivity index (χ3n) is 12.6. The monoisotopic (exact) mass is 1160 g/mol. The molecule has 5 N–H and O–H groups in total. The van der Waals surface area contributed by atoms with Crippen molar-refractivity contribution in [1.82, 2.24) is 45.5 Å². The lowest BCUT2D eigenvalue weighted by Crippen LogP contribution is -2.57. The van der Waals surface area contributed by atoms with Crippen molar-refractivity contribution in [3.05, 3.63) is 72.1 Å². The number of aromatic nitrogens is 2. The van der Waals surface area contributed by atoms with E-state index < -0.39 is 136 Å². The van der Waals surface area contributed by atoms with E-state index in [4.69, 9.17) is 0 Å². The van der Waals surface area contributed by atoms with Crippen LogP contribution in [0.5, 0.6) is 11.5 Å². The summed E-state index contributed by atoms with van der Waals surface area (Å²) < 4.78 is 0. The van der Waals surface area contributed by atoms with E-state index in [0.717, 1.165) is 31.4 Å². The van der Waals surface area contributed by atoms with E-state index >= 15 is 0 Å². The number of para-hydroxylation sites is 2. The van der Waals surface area contributed by atoms with E-state index in [9.17, 15) is 58.2 Å². The summed E-state index contributed by atoms with van der Waals surface area (Å²) in [6.07, 6.45) is 2.88. The highest BCUT2D eigenvalue weighted by molar-refractivity contribution is 8.76. The van der Waals surface area contributed by atoms with Crippen molar-refractivity contribution < 1.29 is 58.2 Å². The van der Waals surface area contributed by atoms with Crippen LogP contribution in [0.1, 0.15) is 27.4 Å². The number of thioether (sulfide) groups is 4. The first-order valence-electron chi connectivity index (χ1n) is 23.4. The average molecular weight is 1160 g/mol. The minimum Gasteiger partial charge on any atom is -0.506 e. The molecule has 6 rings (SSSR count). The first-order chi connectivity index (χ1) is 36.2. The number of benzene rings is 2. The lowest BCUT2D eigenvalue weighted by Gasteiger charge is -2.35. The van der Waals surface area contributed by atoms with Gasteiger partial charge in [-0.1, -0.05) is 81.5 Å². The van der Waals surface area contributed by atoms with E-state index in [2.05, 4.69) is 25.9 Å². The number of ketones is 1. The molecule has 2 saturated heterocycles. The van der Waals surface area contributed by atoms with Crippen molar-refractivity contribution in [2.45, 2.75) is 36.6 Å². The predicted molar refractivity (Wildman–Crippen MR) is 299 cm³/mol. The van der Waals surface area contributed by atoms with E-state index in [1.807, 2.05) is 0 Å². The third-order valence-corrected chi connectivity index (χ3v) is 18.5. The van der Waals surface area contributed by atoms with Crippen LogP contribution in [0.15, 0.2) is 60.7 Å². The Hall–Kier alpha value is -5.74. The molecule has 76 heavy (non-hydrogen) atoms. The number of carbonyl (C=O) groups excluding carboxylic acids is 10. The molecule has 0 spiro atoms. The highest BCUT2D eigenvalue weighted by Gasteiger charge is 2.39. The van der Waals surface area contributed by atoms with Crippen LogP contribution in [0.25, 0.3) is 21.8 Å². The summed E-state index contributed by atoms with van der Waals surface area (Å²) >= 11 is 3.80.